The van der Waals surface area contributed by atoms with Crippen LogP contribution < -0.4 is 4.74 Å². The highest BCUT2D eigenvalue weighted by molar-refractivity contribution is 5.72. The van der Waals surface area contributed by atoms with Gasteiger partial charge in [-0.25, -0.2) is 4.79 Å². The van der Waals surface area contributed by atoms with Crippen molar-refractivity contribution in [1.29, 1.82) is 0 Å². The average Bonchev–Trinajstić information content (AvgIpc) is 2.80. The minimum absolute atomic E-state index is 0.334. The van der Waals surface area contributed by atoms with Gasteiger partial charge in [-0.05, 0) is 66.8 Å². The lowest BCUT2D eigenvalue weighted by Crippen LogP contribution is -2.26. The lowest BCUT2D eigenvalue weighted by atomic mass is 10.00. The summed E-state index contributed by atoms with van der Waals surface area (Å²) in [5.41, 5.74) is 6.90. The van der Waals surface area contributed by atoms with Crippen molar-refractivity contribution in [3.8, 4) is 16.9 Å². The monoisotopic (exact) mass is 430 g/mol. The van der Waals surface area contributed by atoms with Crippen LogP contribution in [-0.2, 0) is 16.0 Å². The van der Waals surface area contributed by atoms with Crippen molar-refractivity contribution in [1.82, 2.24) is 0 Å². The highest BCUT2D eigenvalue weighted by Gasteiger charge is 2.17. The fourth-order valence-corrected chi connectivity index (χ4v) is 3.49. The smallest absolute Gasteiger partial charge is 0.333 e. The highest BCUT2D eigenvalue weighted by atomic mass is 16.5. The second kappa shape index (κ2) is 11.3. The molecule has 0 radical (unpaired) electrons. The Morgan fingerprint density at radius 2 is 1.72 bits per heavy atom. The molecule has 0 bridgehead atoms. The Hall–Kier alpha value is -3.37. The molecule has 0 aromatic heterocycles. The number of benzene rings is 3. The molecule has 4 nitrogen and oxygen atoms in total. The fraction of sp³-hybridized carbons (Fsp3) is 0.250. The SMILES string of the molecule is CCO[C@@H](Cc1ccc(OC/C=C(/C)c2ccc(-c3cccc(C)c3)cc2)cc1)C(=O)O. The molecule has 0 spiro atoms. The van der Waals surface area contributed by atoms with E-state index in [-0.39, 0.29) is 0 Å². The predicted molar refractivity (Wildman–Crippen MR) is 129 cm³/mol. The summed E-state index contributed by atoms with van der Waals surface area (Å²) in [6.45, 7) is 6.81. The number of carbonyl (C=O) groups is 1. The lowest BCUT2D eigenvalue weighted by Gasteiger charge is -2.12. The Bertz CT molecular complexity index is 1050. The van der Waals surface area contributed by atoms with E-state index in [4.69, 9.17) is 9.47 Å². The van der Waals surface area contributed by atoms with Crippen LogP contribution >= 0.6 is 0 Å². The van der Waals surface area contributed by atoms with E-state index >= 15 is 0 Å². The molecule has 0 aliphatic carbocycles. The molecule has 32 heavy (non-hydrogen) atoms. The van der Waals surface area contributed by atoms with Crippen LogP contribution in [0.4, 0.5) is 0 Å². The number of hydrogen-bond donors (Lipinski definition) is 1. The third-order valence-corrected chi connectivity index (χ3v) is 5.32. The molecule has 3 aromatic carbocycles. The molecule has 3 rings (SSSR count). The molecule has 0 heterocycles. The van der Waals surface area contributed by atoms with Gasteiger partial charge in [0.15, 0.2) is 6.10 Å². The van der Waals surface area contributed by atoms with E-state index in [9.17, 15) is 9.90 Å². The summed E-state index contributed by atoms with van der Waals surface area (Å²) in [5.74, 6) is -0.199. The van der Waals surface area contributed by atoms with Gasteiger partial charge in [0.25, 0.3) is 0 Å². The van der Waals surface area contributed by atoms with Crippen LogP contribution in [0.5, 0.6) is 5.75 Å². The fourth-order valence-electron chi connectivity index (χ4n) is 3.49. The number of rotatable bonds is 10. The third kappa shape index (κ3) is 6.56. The van der Waals surface area contributed by atoms with Gasteiger partial charge >= 0.3 is 5.97 Å². The van der Waals surface area contributed by atoms with E-state index in [1.807, 2.05) is 24.3 Å². The van der Waals surface area contributed by atoms with Crippen molar-refractivity contribution in [3.63, 3.8) is 0 Å². The van der Waals surface area contributed by atoms with Gasteiger partial charge < -0.3 is 14.6 Å². The topological polar surface area (TPSA) is 55.8 Å². The first kappa shape index (κ1) is 23.3. The van der Waals surface area contributed by atoms with Gasteiger partial charge in [-0.15, -0.1) is 0 Å². The van der Waals surface area contributed by atoms with E-state index in [0.29, 0.717) is 19.6 Å². The van der Waals surface area contributed by atoms with Crippen LogP contribution in [0.25, 0.3) is 16.7 Å². The summed E-state index contributed by atoms with van der Waals surface area (Å²) in [4.78, 5) is 11.2. The first-order chi connectivity index (χ1) is 15.5. The molecule has 166 valence electrons. The maximum absolute atomic E-state index is 11.2. The summed E-state index contributed by atoms with van der Waals surface area (Å²) < 4.78 is 11.1. The predicted octanol–water partition coefficient (Wildman–Crippen LogP) is 6.18. The van der Waals surface area contributed by atoms with Crippen LogP contribution in [-0.4, -0.2) is 30.4 Å². The van der Waals surface area contributed by atoms with E-state index in [0.717, 1.165) is 22.4 Å². The van der Waals surface area contributed by atoms with E-state index in [1.165, 1.54) is 16.7 Å². The van der Waals surface area contributed by atoms with Crippen LogP contribution in [0.3, 0.4) is 0 Å². The van der Waals surface area contributed by atoms with Gasteiger partial charge in [-0.2, -0.15) is 0 Å². The Balaban J connectivity index is 1.55. The molecule has 0 aliphatic heterocycles. The van der Waals surface area contributed by atoms with Crippen LogP contribution in [0.1, 0.15) is 30.5 Å². The number of carboxylic acids is 1. The normalized spacial score (nSPS) is 12.4. The Kier molecular flexibility index (Phi) is 8.23. The summed E-state index contributed by atoms with van der Waals surface area (Å²) >= 11 is 0. The molecule has 0 aliphatic rings. The molecule has 0 fully saturated rings. The van der Waals surface area contributed by atoms with E-state index in [2.05, 4.69) is 68.5 Å². The summed E-state index contributed by atoms with van der Waals surface area (Å²) in [6.07, 6.45) is 1.57. The quantitative estimate of drug-likeness (QED) is 0.417. The van der Waals surface area contributed by atoms with Crippen molar-refractivity contribution < 1.29 is 19.4 Å². The second-order valence-corrected chi connectivity index (χ2v) is 7.78. The van der Waals surface area contributed by atoms with Gasteiger partial charge in [-0.1, -0.05) is 66.2 Å². The molecule has 4 heteroatoms. The molecule has 0 saturated carbocycles. The molecular weight excluding hydrogens is 400 g/mol. The van der Waals surface area contributed by atoms with Gasteiger partial charge in [-0.3, -0.25) is 0 Å². The molecule has 0 saturated heterocycles. The van der Waals surface area contributed by atoms with Crippen molar-refractivity contribution in [2.75, 3.05) is 13.2 Å². The average molecular weight is 431 g/mol. The van der Waals surface area contributed by atoms with Gasteiger partial charge in [0.05, 0.1) is 0 Å². The van der Waals surface area contributed by atoms with Crippen molar-refractivity contribution >= 4 is 11.5 Å². The molecule has 0 unspecified atom stereocenters. The number of carboxylic acid groups (broad SMARTS) is 1. The van der Waals surface area contributed by atoms with E-state index in [1.54, 1.807) is 6.92 Å². The second-order valence-electron chi connectivity index (χ2n) is 7.78. The van der Waals surface area contributed by atoms with Crippen LogP contribution in [0.2, 0.25) is 0 Å². The van der Waals surface area contributed by atoms with Gasteiger partial charge in [0.2, 0.25) is 0 Å². The zero-order chi connectivity index (χ0) is 22.9. The molecule has 1 N–H and O–H groups in total. The van der Waals surface area contributed by atoms with Gasteiger partial charge in [0, 0.05) is 13.0 Å². The minimum atomic E-state index is -0.945. The number of ether oxygens (including phenoxy) is 2. The van der Waals surface area contributed by atoms with Crippen molar-refractivity contribution in [3.05, 3.63) is 95.6 Å². The lowest BCUT2D eigenvalue weighted by molar-refractivity contribution is -0.149. The van der Waals surface area contributed by atoms with E-state index < -0.39 is 12.1 Å². The summed E-state index contributed by atoms with van der Waals surface area (Å²) in [6, 6.07) is 24.5. The minimum Gasteiger partial charge on any atom is -0.490 e. The first-order valence-electron chi connectivity index (χ1n) is 10.9. The Morgan fingerprint density at radius 1 is 1.00 bits per heavy atom. The molecule has 1 atom stereocenters. The van der Waals surface area contributed by atoms with Crippen LogP contribution in [0.15, 0.2) is 78.9 Å². The van der Waals surface area contributed by atoms with Crippen LogP contribution in [0, 0.1) is 6.92 Å². The molecule has 3 aromatic rings. The standard InChI is InChI=1S/C28H30O4/c1-4-31-27(28(29)30)19-22-8-14-26(15-9-22)32-17-16-21(3)23-10-12-24(13-11-23)25-7-5-6-20(2)18-25/h5-16,18,27H,4,17,19H2,1-3H3,(H,29,30)/b21-16-/t27-/m0/s1. The highest BCUT2D eigenvalue weighted by Crippen LogP contribution is 2.23. The van der Waals surface area contributed by atoms with Crippen molar-refractivity contribution in [2.24, 2.45) is 0 Å². The zero-order valence-corrected chi connectivity index (χ0v) is 18.9. The Morgan fingerprint density at radius 3 is 2.34 bits per heavy atom. The summed E-state index contributed by atoms with van der Waals surface area (Å²) in [7, 11) is 0. The number of hydrogen-bond acceptors (Lipinski definition) is 3. The van der Waals surface area contributed by atoms with Gasteiger partial charge in [0.1, 0.15) is 12.4 Å². The number of aliphatic carboxylic acids is 1. The zero-order valence-electron chi connectivity index (χ0n) is 18.9. The summed E-state index contributed by atoms with van der Waals surface area (Å²) in [5, 5.41) is 9.21. The Labute approximate surface area is 190 Å². The maximum atomic E-state index is 11.2. The molecular formula is C28H30O4. The molecule has 0 amide bonds. The first-order valence-corrected chi connectivity index (χ1v) is 10.9. The number of aryl methyl sites for hydroxylation is 1. The maximum Gasteiger partial charge on any atom is 0.333 e. The largest absolute Gasteiger partial charge is 0.490 e. The number of allylic oxidation sites excluding steroid dienone is 1. The third-order valence-electron chi connectivity index (χ3n) is 5.32. The van der Waals surface area contributed by atoms with Crippen molar-refractivity contribution in [2.45, 2.75) is 33.3 Å².